The molecule has 1 aromatic rings. The zero-order valence-electron chi connectivity index (χ0n) is 9.42. The minimum atomic E-state index is -4.89. The van der Waals surface area contributed by atoms with Crippen LogP contribution < -0.4 is 4.74 Å². The minimum Gasteiger partial charge on any atom is -0.521 e. The van der Waals surface area contributed by atoms with Gasteiger partial charge in [0.15, 0.2) is 0 Å². The first kappa shape index (κ1) is 12.9. The normalized spacial score (nSPS) is 13.6. The van der Waals surface area contributed by atoms with Gasteiger partial charge in [-0.3, -0.25) is 0 Å². The van der Waals surface area contributed by atoms with Crippen molar-refractivity contribution in [1.82, 2.24) is 0 Å². The van der Waals surface area contributed by atoms with Crippen molar-refractivity contribution in [3.8, 4) is 5.75 Å². The first-order chi connectivity index (χ1) is 7.44. The summed E-state index contributed by atoms with van der Waals surface area (Å²) in [5, 5.41) is 0. The third kappa shape index (κ3) is 3.79. The molecule has 0 bridgehead atoms. The molecule has 0 fully saturated rings. The van der Waals surface area contributed by atoms with E-state index in [1.54, 1.807) is 12.1 Å². The molecular formula is C11H15BF3O-. The highest BCUT2D eigenvalue weighted by molar-refractivity contribution is 6.58. The number of rotatable bonds is 5. The molecule has 1 rings (SSSR count). The molecule has 0 amide bonds. The second kappa shape index (κ2) is 5.28. The lowest BCUT2D eigenvalue weighted by molar-refractivity contribution is 0.309. The quantitative estimate of drug-likeness (QED) is 0.696. The van der Waals surface area contributed by atoms with E-state index in [2.05, 4.69) is 0 Å². The molecule has 0 heterocycles. The molecule has 5 heteroatoms. The van der Waals surface area contributed by atoms with E-state index in [-0.39, 0.29) is 5.92 Å². The number of ether oxygens (including phenoxy) is 1. The van der Waals surface area contributed by atoms with Crippen LogP contribution in [0.25, 0.3) is 0 Å². The lowest BCUT2D eigenvalue weighted by Gasteiger charge is -2.19. The molecule has 0 radical (unpaired) electrons. The maximum Gasteiger partial charge on any atom is 0.515 e. The van der Waals surface area contributed by atoms with Gasteiger partial charge in [-0.25, -0.2) is 0 Å². The van der Waals surface area contributed by atoms with E-state index < -0.39 is 13.5 Å². The zero-order valence-corrected chi connectivity index (χ0v) is 9.42. The van der Waals surface area contributed by atoms with Crippen LogP contribution in [-0.2, 0) is 0 Å². The van der Waals surface area contributed by atoms with Crippen LogP contribution in [0.2, 0.25) is 0 Å². The summed E-state index contributed by atoms with van der Waals surface area (Å²) in [5.41, 5.74) is 0.838. The highest BCUT2D eigenvalue weighted by Gasteiger charge is 2.24. The minimum absolute atomic E-state index is 0.205. The number of para-hydroxylation sites is 1. The predicted octanol–water partition coefficient (Wildman–Crippen LogP) is 3.97. The molecule has 0 saturated carbocycles. The third-order valence-corrected chi connectivity index (χ3v) is 2.49. The van der Waals surface area contributed by atoms with Crippen molar-refractivity contribution in [3.63, 3.8) is 0 Å². The van der Waals surface area contributed by atoms with Gasteiger partial charge in [0, 0.05) is 0 Å². The van der Waals surface area contributed by atoms with Gasteiger partial charge in [-0.1, -0.05) is 32.0 Å². The number of halogens is 3. The molecule has 0 aliphatic carbocycles. The monoisotopic (exact) mass is 231 g/mol. The second-order valence-corrected chi connectivity index (χ2v) is 3.87. The number of benzene rings is 1. The van der Waals surface area contributed by atoms with Crippen molar-refractivity contribution in [2.24, 2.45) is 0 Å². The van der Waals surface area contributed by atoms with Gasteiger partial charge in [0.1, 0.15) is 5.75 Å². The summed E-state index contributed by atoms with van der Waals surface area (Å²) in [6, 6.07) is 6.90. The maximum absolute atomic E-state index is 12.1. The molecule has 0 aliphatic heterocycles. The highest BCUT2D eigenvalue weighted by atomic mass is 19.4. The molecule has 0 aliphatic rings. The first-order valence-electron chi connectivity index (χ1n) is 5.36. The Bertz CT molecular complexity index is 338. The average Bonchev–Trinajstić information content (AvgIpc) is 2.25. The lowest BCUT2D eigenvalue weighted by Crippen LogP contribution is -2.26. The van der Waals surface area contributed by atoms with E-state index in [4.69, 9.17) is 4.74 Å². The SMILES string of the molecule is CCC(C)c1ccccc1OC[B-](F)(F)F. The average molecular weight is 231 g/mol. The Morgan fingerprint density at radius 2 is 1.88 bits per heavy atom. The van der Waals surface area contributed by atoms with Crippen LogP contribution in [0.3, 0.4) is 0 Å². The maximum atomic E-state index is 12.1. The topological polar surface area (TPSA) is 9.23 Å². The summed E-state index contributed by atoms with van der Waals surface area (Å²) in [7, 11) is 0. The fraction of sp³-hybridized carbons (Fsp3) is 0.455. The van der Waals surface area contributed by atoms with Crippen molar-refractivity contribution < 1.29 is 17.7 Å². The van der Waals surface area contributed by atoms with Crippen LogP contribution in [0.1, 0.15) is 31.7 Å². The molecule has 0 N–H and O–H groups in total. The van der Waals surface area contributed by atoms with Gasteiger partial charge in [-0.2, -0.15) is 0 Å². The summed E-state index contributed by atoms with van der Waals surface area (Å²) in [6.45, 7) is -2.10. The Kier molecular flexibility index (Phi) is 4.27. The fourth-order valence-corrected chi connectivity index (χ4v) is 1.42. The van der Waals surface area contributed by atoms with Crippen LogP contribution in [0.5, 0.6) is 5.75 Å². The van der Waals surface area contributed by atoms with Gasteiger partial charge >= 0.3 is 6.98 Å². The Hall–Kier alpha value is -1.13. The van der Waals surface area contributed by atoms with Crippen molar-refractivity contribution in [2.75, 3.05) is 6.51 Å². The van der Waals surface area contributed by atoms with E-state index in [1.807, 2.05) is 26.0 Å². The summed E-state index contributed by atoms with van der Waals surface area (Å²) >= 11 is 0. The van der Waals surface area contributed by atoms with Gasteiger partial charge in [0.2, 0.25) is 0 Å². The van der Waals surface area contributed by atoms with Crippen molar-refractivity contribution in [1.29, 1.82) is 0 Å². The zero-order chi connectivity index (χ0) is 12.2. The van der Waals surface area contributed by atoms with Gasteiger partial charge < -0.3 is 17.7 Å². The van der Waals surface area contributed by atoms with Gasteiger partial charge in [-0.15, -0.1) is 0 Å². The third-order valence-electron chi connectivity index (χ3n) is 2.49. The predicted molar refractivity (Wildman–Crippen MR) is 59.7 cm³/mol. The molecule has 90 valence electrons. The van der Waals surface area contributed by atoms with Crippen molar-refractivity contribution in [2.45, 2.75) is 26.2 Å². The summed E-state index contributed by atoms with van der Waals surface area (Å²) in [5.74, 6) is 0.549. The second-order valence-electron chi connectivity index (χ2n) is 3.87. The molecule has 0 saturated heterocycles. The molecular weight excluding hydrogens is 216 g/mol. The summed E-state index contributed by atoms with van der Waals surface area (Å²) in [6.07, 6.45) is 0.873. The van der Waals surface area contributed by atoms with E-state index in [0.29, 0.717) is 5.75 Å². The largest absolute Gasteiger partial charge is 0.521 e. The van der Waals surface area contributed by atoms with Crippen LogP contribution in [-0.4, -0.2) is 13.5 Å². The standard InChI is InChI=1S/C11H15BF3O/c1-3-9(2)10-6-4-5-7-11(10)16-8-12(13,14)15/h4-7,9H,3,8H2,1-2H3/q-1. The molecule has 0 spiro atoms. The van der Waals surface area contributed by atoms with Crippen LogP contribution in [0.15, 0.2) is 24.3 Å². The summed E-state index contributed by atoms with van der Waals surface area (Å²) in [4.78, 5) is 0. The first-order valence-corrected chi connectivity index (χ1v) is 5.36. The van der Waals surface area contributed by atoms with Gasteiger partial charge in [0.25, 0.3) is 0 Å². The lowest BCUT2D eigenvalue weighted by atomic mass is 9.94. The van der Waals surface area contributed by atoms with E-state index in [0.717, 1.165) is 12.0 Å². The Morgan fingerprint density at radius 1 is 1.25 bits per heavy atom. The Morgan fingerprint density at radius 3 is 2.44 bits per heavy atom. The molecule has 1 unspecified atom stereocenters. The van der Waals surface area contributed by atoms with E-state index >= 15 is 0 Å². The van der Waals surface area contributed by atoms with Gasteiger partial charge in [0.05, 0.1) is 6.51 Å². The van der Waals surface area contributed by atoms with Crippen LogP contribution in [0.4, 0.5) is 12.9 Å². The van der Waals surface area contributed by atoms with E-state index in [1.165, 1.54) is 0 Å². The van der Waals surface area contributed by atoms with Crippen LogP contribution >= 0.6 is 0 Å². The number of hydrogen-bond acceptors (Lipinski definition) is 1. The molecule has 16 heavy (non-hydrogen) atoms. The molecule has 1 nitrogen and oxygen atoms in total. The van der Waals surface area contributed by atoms with Crippen molar-refractivity contribution >= 4 is 6.98 Å². The Labute approximate surface area is 93.7 Å². The molecule has 1 aromatic carbocycles. The Balaban J connectivity index is 2.79. The number of hydrogen-bond donors (Lipinski definition) is 0. The smallest absolute Gasteiger partial charge is 0.515 e. The van der Waals surface area contributed by atoms with Crippen molar-refractivity contribution in [3.05, 3.63) is 29.8 Å². The van der Waals surface area contributed by atoms with E-state index in [9.17, 15) is 12.9 Å². The fourth-order valence-electron chi connectivity index (χ4n) is 1.42. The highest BCUT2D eigenvalue weighted by Crippen LogP contribution is 2.29. The summed E-state index contributed by atoms with van der Waals surface area (Å²) < 4.78 is 41.1. The van der Waals surface area contributed by atoms with Crippen LogP contribution in [0, 0.1) is 0 Å². The van der Waals surface area contributed by atoms with Gasteiger partial charge in [-0.05, 0) is 24.0 Å². The molecule has 0 aromatic heterocycles. The molecule has 1 atom stereocenters.